The fraction of sp³-hybridized carbons (Fsp3) is 0.226. The summed E-state index contributed by atoms with van der Waals surface area (Å²) in [4.78, 5) is 11.1. The van der Waals surface area contributed by atoms with Crippen molar-refractivity contribution in [1.82, 2.24) is 25.4 Å². The summed E-state index contributed by atoms with van der Waals surface area (Å²) < 4.78 is 15.1. The normalized spacial score (nSPS) is 15.9. The number of hydrazine groups is 1. The summed E-state index contributed by atoms with van der Waals surface area (Å²) in [6.45, 7) is 4.00. The highest BCUT2D eigenvalue weighted by atomic mass is 19.1. The Bertz CT molecular complexity index is 1460. The van der Waals surface area contributed by atoms with Gasteiger partial charge in [-0.1, -0.05) is 66.6 Å². The zero-order chi connectivity index (χ0) is 26.6. The van der Waals surface area contributed by atoms with Crippen LogP contribution in [0.4, 0.5) is 10.1 Å². The molecule has 2 aliphatic rings. The minimum atomic E-state index is -0.558. The number of nitrogen functional groups attached to an aromatic ring is 1. The van der Waals surface area contributed by atoms with E-state index in [1.54, 1.807) is 12.4 Å². The molecule has 2 aromatic carbocycles. The molecule has 2 aromatic heterocycles. The van der Waals surface area contributed by atoms with E-state index in [0.717, 1.165) is 36.5 Å². The van der Waals surface area contributed by atoms with E-state index in [1.807, 2.05) is 47.0 Å². The molecule has 0 amide bonds. The molecule has 6 rings (SSSR count). The van der Waals surface area contributed by atoms with Crippen LogP contribution in [-0.2, 0) is 13.1 Å². The maximum Gasteiger partial charge on any atom is 0.220 e. The molecule has 4 aromatic rings. The van der Waals surface area contributed by atoms with Gasteiger partial charge in [0.15, 0.2) is 5.70 Å². The molecule has 4 heterocycles. The average molecular weight is 523 g/mol. The standard InChI is InChI=1S/C31H32FN7/c32-31-27(15-25(17-35-31)24-11-9-23(10-12-24)19-38-13-5-2-6-14-38)26-16-29(34-18-28(26)33)30-21-39(37-36-30)20-22-7-3-1-4-8-22/h1,3-4,7-12,15-18,21,36-37H,2,5-6,13-14,19-20,33H2/p+1. The molecule has 7 nitrogen and oxygen atoms in total. The topological polar surface area (TPSA) is 86.9 Å². The summed E-state index contributed by atoms with van der Waals surface area (Å²) in [7, 11) is 0. The molecule has 0 bridgehead atoms. The van der Waals surface area contributed by atoms with Gasteiger partial charge in [0.2, 0.25) is 5.95 Å². The van der Waals surface area contributed by atoms with E-state index in [0.29, 0.717) is 29.1 Å². The van der Waals surface area contributed by atoms with Crippen LogP contribution in [0.1, 0.15) is 36.1 Å². The van der Waals surface area contributed by atoms with Crippen LogP contribution in [0.3, 0.4) is 0 Å². The van der Waals surface area contributed by atoms with Crippen molar-refractivity contribution in [2.45, 2.75) is 32.4 Å². The Kier molecular flexibility index (Phi) is 7.31. The number of hydrogen-bond acceptors (Lipinski definition) is 6. The first-order valence-corrected chi connectivity index (χ1v) is 13.5. The van der Waals surface area contributed by atoms with Gasteiger partial charge in [-0.3, -0.25) is 9.91 Å². The number of benzene rings is 2. The van der Waals surface area contributed by atoms with E-state index in [9.17, 15) is 0 Å². The van der Waals surface area contributed by atoms with Crippen LogP contribution in [0, 0.1) is 5.95 Å². The SMILES string of the molecule is Nc1cnc(C2=CN(Cc3ccccc3)N[NH2+]2)cc1-c1cc(-c2ccc(CN3CCCCC3)cc2)cnc1F. The Hall–Kier alpha value is -4.11. The first-order valence-electron chi connectivity index (χ1n) is 13.5. The Morgan fingerprint density at radius 1 is 0.821 bits per heavy atom. The second kappa shape index (κ2) is 11.3. The summed E-state index contributed by atoms with van der Waals surface area (Å²) in [6, 6.07) is 22.3. The second-order valence-corrected chi connectivity index (χ2v) is 10.2. The quantitative estimate of drug-likeness (QED) is 0.248. The number of quaternary nitrogens is 1. The summed E-state index contributed by atoms with van der Waals surface area (Å²) in [5, 5.41) is 1.99. The van der Waals surface area contributed by atoms with Gasteiger partial charge in [-0.2, -0.15) is 4.39 Å². The third kappa shape index (κ3) is 5.83. The molecule has 198 valence electrons. The van der Waals surface area contributed by atoms with Crippen LogP contribution in [-0.4, -0.2) is 33.0 Å². The number of likely N-dealkylation sites (tertiary alicyclic amines) is 1. The van der Waals surface area contributed by atoms with Crippen LogP contribution >= 0.6 is 0 Å². The van der Waals surface area contributed by atoms with Gasteiger partial charge in [-0.25, -0.2) is 15.4 Å². The van der Waals surface area contributed by atoms with E-state index in [4.69, 9.17) is 5.73 Å². The third-order valence-electron chi connectivity index (χ3n) is 7.38. The number of aromatic nitrogens is 2. The first kappa shape index (κ1) is 25.2. The second-order valence-electron chi connectivity index (χ2n) is 10.2. The number of halogens is 1. The Balaban J connectivity index is 1.23. The average Bonchev–Trinajstić information content (AvgIpc) is 3.44. The van der Waals surface area contributed by atoms with E-state index >= 15 is 4.39 Å². The van der Waals surface area contributed by atoms with Gasteiger partial charge in [0.1, 0.15) is 5.69 Å². The summed E-state index contributed by atoms with van der Waals surface area (Å²) in [6.07, 6.45) is 9.04. The molecule has 1 fully saturated rings. The molecule has 39 heavy (non-hydrogen) atoms. The van der Waals surface area contributed by atoms with Crippen LogP contribution in [0.25, 0.3) is 28.0 Å². The lowest BCUT2D eigenvalue weighted by Crippen LogP contribution is -2.89. The van der Waals surface area contributed by atoms with Gasteiger partial charge in [0, 0.05) is 29.4 Å². The molecule has 2 aliphatic heterocycles. The Morgan fingerprint density at radius 3 is 2.38 bits per heavy atom. The highest BCUT2D eigenvalue weighted by Crippen LogP contribution is 2.32. The molecule has 1 saturated heterocycles. The lowest BCUT2D eigenvalue weighted by atomic mass is 9.99. The van der Waals surface area contributed by atoms with Crippen molar-refractivity contribution in [2.24, 2.45) is 0 Å². The first-order chi connectivity index (χ1) is 19.1. The van der Waals surface area contributed by atoms with Crippen molar-refractivity contribution in [1.29, 1.82) is 0 Å². The molecule has 0 unspecified atom stereocenters. The number of nitrogens with one attached hydrogen (secondary N) is 1. The van der Waals surface area contributed by atoms with Crippen molar-refractivity contribution in [2.75, 3.05) is 18.8 Å². The monoisotopic (exact) mass is 522 g/mol. The van der Waals surface area contributed by atoms with Crippen molar-refractivity contribution in [3.63, 3.8) is 0 Å². The summed E-state index contributed by atoms with van der Waals surface area (Å²) in [5.41, 5.74) is 18.7. The van der Waals surface area contributed by atoms with Crippen LogP contribution in [0.15, 0.2) is 85.3 Å². The number of piperidine rings is 1. The molecule has 5 N–H and O–H groups in total. The van der Waals surface area contributed by atoms with Crippen molar-refractivity contribution in [3.05, 3.63) is 108 Å². The number of hydrogen-bond donors (Lipinski definition) is 3. The van der Waals surface area contributed by atoms with Gasteiger partial charge >= 0.3 is 0 Å². The maximum atomic E-state index is 15.1. The fourth-order valence-corrected chi connectivity index (χ4v) is 5.24. The lowest BCUT2D eigenvalue weighted by Gasteiger charge is -2.26. The Labute approximate surface area is 228 Å². The predicted octanol–water partition coefficient (Wildman–Crippen LogP) is 4.32. The maximum absolute atomic E-state index is 15.1. The van der Waals surface area contributed by atoms with Gasteiger partial charge in [0.05, 0.1) is 24.6 Å². The molecule has 8 heteroatoms. The predicted molar refractivity (Wildman–Crippen MR) is 151 cm³/mol. The van der Waals surface area contributed by atoms with Crippen molar-refractivity contribution < 1.29 is 9.82 Å². The molecular formula is C31H33FN7+. The van der Waals surface area contributed by atoms with E-state index in [-0.39, 0.29) is 0 Å². The van der Waals surface area contributed by atoms with Gasteiger partial charge < -0.3 is 5.73 Å². The number of anilines is 1. The summed E-state index contributed by atoms with van der Waals surface area (Å²) >= 11 is 0. The smallest absolute Gasteiger partial charge is 0.220 e. The highest BCUT2D eigenvalue weighted by molar-refractivity contribution is 5.81. The van der Waals surface area contributed by atoms with Crippen molar-refractivity contribution >= 4 is 11.4 Å². The molecule has 0 aliphatic carbocycles. The van der Waals surface area contributed by atoms with Crippen LogP contribution in [0.5, 0.6) is 0 Å². The fourth-order valence-electron chi connectivity index (χ4n) is 5.24. The van der Waals surface area contributed by atoms with Crippen molar-refractivity contribution in [3.8, 4) is 22.3 Å². The van der Waals surface area contributed by atoms with Gasteiger partial charge in [0.25, 0.3) is 0 Å². The highest BCUT2D eigenvalue weighted by Gasteiger charge is 2.21. The number of rotatable bonds is 7. The lowest BCUT2D eigenvalue weighted by molar-refractivity contribution is -0.641. The van der Waals surface area contributed by atoms with Crippen LogP contribution < -0.4 is 16.7 Å². The zero-order valence-electron chi connectivity index (χ0n) is 21.9. The molecule has 0 radical (unpaired) electrons. The number of nitrogens with zero attached hydrogens (tertiary/aromatic N) is 4. The molecule has 0 saturated carbocycles. The molecule has 0 atom stereocenters. The van der Waals surface area contributed by atoms with Gasteiger partial charge in [-0.15, -0.1) is 0 Å². The van der Waals surface area contributed by atoms with Gasteiger partial charge in [-0.05, 0) is 54.8 Å². The Morgan fingerprint density at radius 2 is 1.59 bits per heavy atom. The van der Waals surface area contributed by atoms with E-state index in [1.165, 1.54) is 30.4 Å². The number of nitrogens with two attached hydrogens (primary N) is 2. The number of pyridine rings is 2. The van der Waals surface area contributed by atoms with Crippen LogP contribution in [0.2, 0.25) is 0 Å². The zero-order valence-corrected chi connectivity index (χ0v) is 21.9. The largest absolute Gasteiger partial charge is 0.397 e. The molecule has 0 spiro atoms. The molecular weight excluding hydrogens is 489 g/mol. The summed E-state index contributed by atoms with van der Waals surface area (Å²) in [5.74, 6) is -0.558. The van der Waals surface area contributed by atoms with E-state index < -0.39 is 5.95 Å². The third-order valence-corrected chi connectivity index (χ3v) is 7.38. The minimum Gasteiger partial charge on any atom is -0.397 e. The minimum absolute atomic E-state index is 0.360. The van der Waals surface area contributed by atoms with E-state index in [2.05, 4.69) is 56.8 Å².